The molecule has 102 valence electrons. The van der Waals surface area contributed by atoms with E-state index in [-0.39, 0.29) is 11.0 Å². The molecule has 0 saturated carbocycles. The minimum atomic E-state index is 0.168. The van der Waals surface area contributed by atoms with Crippen LogP contribution in [0.5, 0.6) is 0 Å². The Bertz CT molecular complexity index is 238. The minimum Gasteiger partial charge on any atom is -0.378 e. The molecule has 1 atom stereocenters. The number of hydrogen-bond acceptors (Lipinski definition) is 3. The SMILES string of the molecule is CCNC(C)C(C)(C)CN1CCOCC1(C)C. The normalized spacial score (nSPS) is 23.6. The first kappa shape index (κ1) is 14.9. The lowest BCUT2D eigenvalue weighted by Crippen LogP contribution is -2.58. The zero-order valence-corrected chi connectivity index (χ0v) is 12.5. The maximum Gasteiger partial charge on any atom is 0.0645 e. The molecule has 0 aromatic heterocycles. The monoisotopic (exact) mass is 242 g/mol. The number of nitrogens with zero attached hydrogens (tertiary/aromatic N) is 1. The highest BCUT2D eigenvalue weighted by Gasteiger charge is 2.36. The van der Waals surface area contributed by atoms with Crippen LogP contribution < -0.4 is 5.32 Å². The van der Waals surface area contributed by atoms with E-state index in [1.807, 2.05) is 0 Å². The summed E-state index contributed by atoms with van der Waals surface area (Å²) in [5.41, 5.74) is 0.450. The minimum absolute atomic E-state index is 0.168. The van der Waals surface area contributed by atoms with Crippen molar-refractivity contribution in [2.45, 2.75) is 53.1 Å². The quantitative estimate of drug-likeness (QED) is 0.799. The van der Waals surface area contributed by atoms with E-state index < -0.39 is 0 Å². The van der Waals surface area contributed by atoms with E-state index >= 15 is 0 Å². The second kappa shape index (κ2) is 5.68. The van der Waals surface area contributed by atoms with Crippen molar-refractivity contribution in [1.82, 2.24) is 10.2 Å². The van der Waals surface area contributed by atoms with Gasteiger partial charge in [0.25, 0.3) is 0 Å². The highest BCUT2D eigenvalue weighted by Crippen LogP contribution is 2.28. The largest absolute Gasteiger partial charge is 0.378 e. The van der Waals surface area contributed by atoms with Crippen LogP contribution >= 0.6 is 0 Å². The molecular weight excluding hydrogens is 212 g/mol. The van der Waals surface area contributed by atoms with Gasteiger partial charge in [0.1, 0.15) is 0 Å². The fraction of sp³-hybridized carbons (Fsp3) is 1.00. The van der Waals surface area contributed by atoms with Gasteiger partial charge < -0.3 is 10.1 Å². The Hall–Kier alpha value is -0.120. The van der Waals surface area contributed by atoms with Gasteiger partial charge in [-0.2, -0.15) is 0 Å². The molecule has 0 aromatic rings. The van der Waals surface area contributed by atoms with Crippen LogP contribution in [0, 0.1) is 5.41 Å². The maximum absolute atomic E-state index is 5.58. The van der Waals surface area contributed by atoms with Gasteiger partial charge in [0.15, 0.2) is 0 Å². The summed E-state index contributed by atoms with van der Waals surface area (Å²) in [5, 5.41) is 3.54. The summed E-state index contributed by atoms with van der Waals surface area (Å²) in [6.07, 6.45) is 0. The van der Waals surface area contributed by atoms with E-state index in [2.05, 4.69) is 51.8 Å². The molecule has 1 fully saturated rings. The van der Waals surface area contributed by atoms with E-state index in [4.69, 9.17) is 4.74 Å². The first-order chi connectivity index (χ1) is 7.79. The van der Waals surface area contributed by atoms with Crippen molar-refractivity contribution >= 4 is 0 Å². The molecule has 1 rings (SSSR count). The number of rotatable bonds is 5. The highest BCUT2D eigenvalue weighted by atomic mass is 16.5. The summed E-state index contributed by atoms with van der Waals surface area (Å²) >= 11 is 0. The van der Waals surface area contributed by atoms with Crippen molar-refractivity contribution in [3.63, 3.8) is 0 Å². The Morgan fingerprint density at radius 3 is 2.59 bits per heavy atom. The third-order valence-electron chi connectivity index (χ3n) is 4.10. The Kier molecular flexibility index (Phi) is 4.99. The molecule has 1 unspecified atom stereocenters. The van der Waals surface area contributed by atoms with Crippen LogP contribution in [0.15, 0.2) is 0 Å². The smallest absolute Gasteiger partial charge is 0.0645 e. The molecule has 1 N–H and O–H groups in total. The highest BCUT2D eigenvalue weighted by molar-refractivity contribution is 4.91. The molecular formula is C14H30N2O. The number of ether oxygens (including phenoxy) is 1. The van der Waals surface area contributed by atoms with E-state index in [1.165, 1.54) is 0 Å². The molecule has 0 aromatic carbocycles. The second-order valence-electron chi connectivity index (χ2n) is 6.55. The molecule has 0 bridgehead atoms. The molecule has 0 amide bonds. The van der Waals surface area contributed by atoms with Gasteiger partial charge in [-0.3, -0.25) is 4.90 Å². The van der Waals surface area contributed by atoms with Gasteiger partial charge in [-0.25, -0.2) is 0 Å². The fourth-order valence-corrected chi connectivity index (χ4v) is 2.40. The molecule has 0 aliphatic carbocycles. The van der Waals surface area contributed by atoms with E-state index in [0.717, 1.165) is 32.8 Å². The van der Waals surface area contributed by atoms with Crippen molar-refractivity contribution in [3.8, 4) is 0 Å². The predicted molar refractivity (Wildman–Crippen MR) is 73.4 cm³/mol. The van der Waals surface area contributed by atoms with Gasteiger partial charge in [-0.1, -0.05) is 20.8 Å². The first-order valence-electron chi connectivity index (χ1n) is 6.86. The lowest BCUT2D eigenvalue weighted by atomic mass is 9.83. The van der Waals surface area contributed by atoms with Gasteiger partial charge in [0.2, 0.25) is 0 Å². The Morgan fingerprint density at radius 2 is 2.06 bits per heavy atom. The summed E-state index contributed by atoms with van der Waals surface area (Å²) in [7, 11) is 0. The maximum atomic E-state index is 5.58. The van der Waals surface area contributed by atoms with Gasteiger partial charge in [-0.05, 0) is 32.7 Å². The summed E-state index contributed by atoms with van der Waals surface area (Å²) in [5.74, 6) is 0. The molecule has 1 aliphatic rings. The molecule has 0 spiro atoms. The summed E-state index contributed by atoms with van der Waals surface area (Å²) in [4.78, 5) is 2.57. The van der Waals surface area contributed by atoms with Gasteiger partial charge in [-0.15, -0.1) is 0 Å². The van der Waals surface area contributed by atoms with Gasteiger partial charge in [0, 0.05) is 24.7 Å². The third-order valence-corrected chi connectivity index (χ3v) is 4.10. The fourth-order valence-electron chi connectivity index (χ4n) is 2.40. The zero-order chi connectivity index (χ0) is 13.1. The van der Waals surface area contributed by atoms with E-state index in [1.54, 1.807) is 0 Å². The predicted octanol–water partition coefficient (Wildman–Crippen LogP) is 2.12. The molecule has 1 heterocycles. The first-order valence-corrected chi connectivity index (χ1v) is 6.86. The lowest BCUT2D eigenvalue weighted by molar-refractivity contribution is -0.0676. The zero-order valence-electron chi connectivity index (χ0n) is 12.5. The molecule has 0 radical (unpaired) electrons. The van der Waals surface area contributed by atoms with Crippen molar-refractivity contribution in [2.24, 2.45) is 5.41 Å². The molecule has 17 heavy (non-hydrogen) atoms. The third kappa shape index (κ3) is 3.94. The summed E-state index contributed by atoms with van der Waals surface area (Å²) in [6, 6.07) is 0.533. The number of morpholine rings is 1. The Labute approximate surface area is 107 Å². The molecule has 1 aliphatic heterocycles. The Morgan fingerprint density at radius 1 is 1.41 bits per heavy atom. The molecule has 3 nitrogen and oxygen atoms in total. The lowest BCUT2D eigenvalue weighted by Gasteiger charge is -2.47. The van der Waals surface area contributed by atoms with E-state index in [9.17, 15) is 0 Å². The standard InChI is InChI=1S/C14H30N2O/c1-7-15-12(2)13(3,4)10-16-8-9-17-11-14(16,5)6/h12,15H,7-11H2,1-6H3. The molecule has 1 saturated heterocycles. The van der Waals surface area contributed by atoms with Gasteiger partial charge in [0.05, 0.1) is 13.2 Å². The summed E-state index contributed by atoms with van der Waals surface area (Å²) in [6.45, 7) is 18.7. The second-order valence-corrected chi connectivity index (χ2v) is 6.55. The van der Waals surface area contributed by atoms with Crippen molar-refractivity contribution in [1.29, 1.82) is 0 Å². The van der Waals surface area contributed by atoms with Crippen LogP contribution in [0.4, 0.5) is 0 Å². The van der Waals surface area contributed by atoms with Crippen LogP contribution in [-0.2, 0) is 4.74 Å². The van der Waals surface area contributed by atoms with Crippen LogP contribution in [0.2, 0.25) is 0 Å². The van der Waals surface area contributed by atoms with Crippen LogP contribution in [0.1, 0.15) is 41.5 Å². The van der Waals surface area contributed by atoms with Crippen LogP contribution in [-0.4, -0.2) is 49.3 Å². The average Bonchev–Trinajstić information content (AvgIpc) is 2.21. The summed E-state index contributed by atoms with van der Waals surface area (Å²) < 4.78 is 5.58. The van der Waals surface area contributed by atoms with Crippen molar-refractivity contribution < 1.29 is 4.74 Å². The number of nitrogens with one attached hydrogen (secondary N) is 1. The van der Waals surface area contributed by atoms with Crippen molar-refractivity contribution in [3.05, 3.63) is 0 Å². The van der Waals surface area contributed by atoms with E-state index in [0.29, 0.717) is 6.04 Å². The Balaban J connectivity index is 2.62. The topological polar surface area (TPSA) is 24.5 Å². The average molecular weight is 242 g/mol. The van der Waals surface area contributed by atoms with Crippen LogP contribution in [0.3, 0.4) is 0 Å². The van der Waals surface area contributed by atoms with Crippen molar-refractivity contribution in [2.75, 3.05) is 32.8 Å². The molecule has 3 heteroatoms. The number of hydrogen-bond donors (Lipinski definition) is 1. The van der Waals surface area contributed by atoms with Gasteiger partial charge >= 0.3 is 0 Å². The van der Waals surface area contributed by atoms with Crippen LogP contribution in [0.25, 0.3) is 0 Å².